The van der Waals surface area contributed by atoms with Crippen LogP contribution in [0.3, 0.4) is 0 Å². The summed E-state index contributed by atoms with van der Waals surface area (Å²) in [7, 11) is 0. The molecule has 1 N–H and O–H groups in total. The van der Waals surface area contributed by atoms with Gasteiger partial charge in [-0.05, 0) is 74.4 Å². The van der Waals surface area contributed by atoms with Gasteiger partial charge in [0.25, 0.3) is 0 Å². The third kappa shape index (κ3) is 2.56. The van der Waals surface area contributed by atoms with Crippen LogP contribution in [-0.2, 0) is 19.3 Å². The molecule has 0 aliphatic carbocycles. The SMILES string of the molecule is Cc1c2c(cc3c1N(CCCF)CCC3)CCNCC2. The van der Waals surface area contributed by atoms with Gasteiger partial charge in [-0.3, -0.25) is 4.39 Å². The minimum absolute atomic E-state index is 0.209. The highest BCUT2D eigenvalue weighted by atomic mass is 19.1. The van der Waals surface area contributed by atoms with Gasteiger partial charge in [-0.1, -0.05) is 6.07 Å². The van der Waals surface area contributed by atoms with Gasteiger partial charge in [-0.25, -0.2) is 0 Å². The molecule has 1 aromatic carbocycles. The quantitative estimate of drug-likeness (QED) is 0.913. The molecule has 0 saturated carbocycles. The summed E-state index contributed by atoms with van der Waals surface area (Å²) in [5, 5.41) is 3.49. The Morgan fingerprint density at radius 2 is 2.05 bits per heavy atom. The van der Waals surface area contributed by atoms with Gasteiger partial charge in [0.2, 0.25) is 0 Å². The highest BCUT2D eigenvalue weighted by Crippen LogP contribution is 2.35. The lowest BCUT2D eigenvalue weighted by atomic mass is 9.89. The zero-order chi connectivity index (χ0) is 13.9. The van der Waals surface area contributed by atoms with E-state index in [0.29, 0.717) is 6.42 Å². The van der Waals surface area contributed by atoms with Crippen LogP contribution in [0.2, 0.25) is 0 Å². The van der Waals surface area contributed by atoms with Crippen LogP contribution in [0.25, 0.3) is 0 Å². The second-order valence-electron chi connectivity index (χ2n) is 6.03. The van der Waals surface area contributed by atoms with Crippen molar-refractivity contribution < 1.29 is 4.39 Å². The molecule has 110 valence electrons. The maximum Gasteiger partial charge on any atom is 0.0911 e. The van der Waals surface area contributed by atoms with Crippen LogP contribution in [0, 0.1) is 6.92 Å². The zero-order valence-electron chi connectivity index (χ0n) is 12.5. The Kier molecular flexibility index (Phi) is 4.25. The number of halogens is 1. The second kappa shape index (κ2) is 6.13. The molecule has 1 aromatic rings. The first-order valence-electron chi connectivity index (χ1n) is 7.97. The molecule has 2 aliphatic rings. The highest BCUT2D eigenvalue weighted by Gasteiger charge is 2.23. The standard InChI is InChI=1S/C17H25FN2/c1-13-16-6-9-19-8-5-14(16)12-15-4-2-10-20(17(13)15)11-3-7-18/h12,19H,2-11H2,1H3. The monoisotopic (exact) mass is 276 g/mol. The van der Waals surface area contributed by atoms with E-state index in [1.54, 1.807) is 11.1 Å². The molecule has 0 radical (unpaired) electrons. The lowest BCUT2D eigenvalue weighted by Crippen LogP contribution is -2.32. The van der Waals surface area contributed by atoms with E-state index in [0.717, 1.165) is 39.0 Å². The molecule has 3 rings (SSSR count). The van der Waals surface area contributed by atoms with Gasteiger partial charge in [-0.15, -0.1) is 0 Å². The number of rotatable bonds is 3. The van der Waals surface area contributed by atoms with Crippen molar-refractivity contribution in [3.63, 3.8) is 0 Å². The summed E-state index contributed by atoms with van der Waals surface area (Å²) in [5.41, 5.74) is 7.46. The van der Waals surface area contributed by atoms with E-state index in [1.807, 2.05) is 0 Å². The molecule has 2 aliphatic heterocycles. The normalized spacial score (nSPS) is 18.4. The van der Waals surface area contributed by atoms with Crippen molar-refractivity contribution in [2.45, 2.75) is 39.0 Å². The number of hydrogen-bond donors (Lipinski definition) is 1. The van der Waals surface area contributed by atoms with Crippen molar-refractivity contribution in [1.29, 1.82) is 0 Å². The van der Waals surface area contributed by atoms with Crippen LogP contribution in [-0.4, -0.2) is 32.9 Å². The molecule has 0 amide bonds. The number of aryl methyl sites for hydroxylation is 1. The third-order valence-corrected chi connectivity index (χ3v) is 4.72. The summed E-state index contributed by atoms with van der Waals surface area (Å²) in [6.07, 6.45) is 5.32. The number of nitrogens with zero attached hydrogens (tertiary/aromatic N) is 1. The van der Waals surface area contributed by atoms with Gasteiger partial charge in [0.15, 0.2) is 0 Å². The highest BCUT2D eigenvalue weighted by molar-refractivity contribution is 5.65. The Labute approximate surface area is 121 Å². The first kappa shape index (κ1) is 13.9. The lowest BCUT2D eigenvalue weighted by molar-refractivity contribution is 0.468. The largest absolute Gasteiger partial charge is 0.371 e. The Bertz CT molecular complexity index is 484. The predicted octanol–water partition coefficient (Wildman–Crippen LogP) is 2.80. The van der Waals surface area contributed by atoms with Gasteiger partial charge < -0.3 is 10.2 Å². The number of nitrogens with one attached hydrogen (secondary N) is 1. The number of hydrogen-bond acceptors (Lipinski definition) is 2. The minimum atomic E-state index is -0.209. The van der Waals surface area contributed by atoms with Crippen molar-refractivity contribution in [3.8, 4) is 0 Å². The van der Waals surface area contributed by atoms with Crippen LogP contribution < -0.4 is 10.2 Å². The van der Waals surface area contributed by atoms with Crippen LogP contribution in [0.5, 0.6) is 0 Å². The zero-order valence-corrected chi connectivity index (χ0v) is 12.5. The molecule has 0 unspecified atom stereocenters. The molecule has 0 saturated heterocycles. The average Bonchev–Trinajstić information content (AvgIpc) is 2.70. The number of benzene rings is 1. The topological polar surface area (TPSA) is 15.3 Å². The Morgan fingerprint density at radius 1 is 1.20 bits per heavy atom. The van der Waals surface area contributed by atoms with Crippen LogP contribution in [0.4, 0.5) is 10.1 Å². The number of anilines is 1. The van der Waals surface area contributed by atoms with Crippen molar-refractivity contribution in [2.24, 2.45) is 0 Å². The smallest absolute Gasteiger partial charge is 0.0911 e. The Hall–Kier alpha value is -1.09. The maximum absolute atomic E-state index is 12.5. The molecule has 0 spiro atoms. The first-order chi connectivity index (χ1) is 9.81. The molecule has 2 heterocycles. The minimum Gasteiger partial charge on any atom is -0.371 e. The van der Waals surface area contributed by atoms with E-state index in [2.05, 4.69) is 23.2 Å². The van der Waals surface area contributed by atoms with E-state index in [9.17, 15) is 4.39 Å². The van der Waals surface area contributed by atoms with Crippen LogP contribution in [0.1, 0.15) is 35.1 Å². The fourth-order valence-corrected chi connectivity index (χ4v) is 3.80. The van der Waals surface area contributed by atoms with Gasteiger partial charge in [0.1, 0.15) is 0 Å². The van der Waals surface area contributed by atoms with Crippen molar-refractivity contribution in [1.82, 2.24) is 5.32 Å². The average molecular weight is 276 g/mol. The first-order valence-corrected chi connectivity index (χ1v) is 7.97. The van der Waals surface area contributed by atoms with E-state index in [4.69, 9.17) is 0 Å². The summed E-state index contributed by atoms with van der Waals surface area (Å²) in [4.78, 5) is 2.42. The summed E-state index contributed by atoms with van der Waals surface area (Å²) < 4.78 is 12.5. The van der Waals surface area contributed by atoms with E-state index < -0.39 is 0 Å². The predicted molar refractivity (Wildman–Crippen MR) is 82.6 cm³/mol. The van der Waals surface area contributed by atoms with Crippen molar-refractivity contribution >= 4 is 5.69 Å². The van der Waals surface area contributed by atoms with Crippen molar-refractivity contribution in [2.75, 3.05) is 37.8 Å². The molecular weight excluding hydrogens is 251 g/mol. The van der Waals surface area contributed by atoms with E-state index in [1.165, 1.54) is 29.7 Å². The van der Waals surface area contributed by atoms with Gasteiger partial charge >= 0.3 is 0 Å². The van der Waals surface area contributed by atoms with Gasteiger partial charge in [0.05, 0.1) is 6.67 Å². The van der Waals surface area contributed by atoms with Gasteiger partial charge in [0, 0.05) is 18.8 Å². The number of alkyl halides is 1. The Balaban J connectivity index is 2.00. The Morgan fingerprint density at radius 3 is 2.90 bits per heavy atom. The fourth-order valence-electron chi connectivity index (χ4n) is 3.80. The number of fused-ring (bicyclic) bond motifs is 2. The molecule has 0 bridgehead atoms. The molecule has 20 heavy (non-hydrogen) atoms. The van der Waals surface area contributed by atoms with Crippen molar-refractivity contribution in [3.05, 3.63) is 28.3 Å². The maximum atomic E-state index is 12.5. The second-order valence-corrected chi connectivity index (χ2v) is 6.03. The van der Waals surface area contributed by atoms with E-state index >= 15 is 0 Å². The lowest BCUT2D eigenvalue weighted by Gasteiger charge is -2.34. The third-order valence-electron chi connectivity index (χ3n) is 4.72. The molecule has 0 aromatic heterocycles. The summed E-state index contributed by atoms with van der Waals surface area (Å²) in [6.45, 7) is 6.19. The molecular formula is C17H25FN2. The molecule has 0 fully saturated rings. The molecule has 2 nitrogen and oxygen atoms in total. The van der Waals surface area contributed by atoms with E-state index in [-0.39, 0.29) is 6.67 Å². The van der Waals surface area contributed by atoms with Gasteiger partial charge in [-0.2, -0.15) is 0 Å². The molecule has 0 atom stereocenters. The summed E-state index contributed by atoms with van der Waals surface area (Å²) >= 11 is 0. The summed E-state index contributed by atoms with van der Waals surface area (Å²) in [6, 6.07) is 2.44. The van der Waals surface area contributed by atoms with Crippen LogP contribution in [0.15, 0.2) is 6.07 Å². The van der Waals surface area contributed by atoms with Crippen LogP contribution >= 0.6 is 0 Å². The molecule has 3 heteroatoms. The summed E-state index contributed by atoms with van der Waals surface area (Å²) in [5.74, 6) is 0. The fraction of sp³-hybridized carbons (Fsp3) is 0.647.